The molecule has 0 radical (unpaired) electrons. The van der Waals surface area contributed by atoms with Crippen molar-refractivity contribution < 1.29 is 14.1 Å². The Kier molecular flexibility index (Phi) is 4.94. The van der Waals surface area contributed by atoms with Gasteiger partial charge in [0, 0.05) is 16.9 Å². The number of hydrogen-bond acceptors (Lipinski definition) is 8. The fraction of sp³-hybridized carbons (Fsp3) is 0.125. The van der Waals surface area contributed by atoms with Crippen LogP contribution in [0.5, 0.6) is 0 Å². The van der Waals surface area contributed by atoms with Gasteiger partial charge in [0.1, 0.15) is 12.1 Å². The third kappa shape index (κ3) is 4.16. The fourth-order valence-electron chi connectivity index (χ4n) is 2.54. The fourth-order valence-corrected chi connectivity index (χ4v) is 2.54. The number of amides is 1. The third-order valence-electron chi connectivity index (χ3n) is 3.90. The molecule has 4 aromatic rings. The van der Waals surface area contributed by atoms with Crippen LogP contribution in [0.1, 0.15) is 16.1 Å². The summed E-state index contributed by atoms with van der Waals surface area (Å²) in [4.78, 5) is 29.8. The Morgan fingerprint density at radius 1 is 1.07 bits per heavy atom. The number of benzene rings is 1. The number of carbonyl (C=O) groups is 1. The number of carbonyl (C=O) groups excluding carboxylic acids is 1. The normalized spacial score (nSPS) is 10.8. The minimum absolute atomic E-state index is 0.0314. The van der Waals surface area contributed by atoms with Crippen molar-refractivity contribution in [3.63, 3.8) is 0 Å². The molecule has 13 nitrogen and oxygen atoms in total. The standard InChI is InChI=1S/C16H13FN10O3/c17-12-4-2-1-3-11(12)7-25-8-18-15(22-25)20-14(28)13-5-6-24(21-13)10-26-9-19-16(23-26)27(29)30/h1-6,8-9H,7,10H2,(H,20,22,28). The molecule has 152 valence electrons. The zero-order valence-electron chi connectivity index (χ0n) is 15.2. The second kappa shape index (κ2) is 7.86. The van der Waals surface area contributed by atoms with Gasteiger partial charge in [-0.3, -0.25) is 10.1 Å². The molecule has 1 amide bonds. The van der Waals surface area contributed by atoms with E-state index in [4.69, 9.17) is 0 Å². The summed E-state index contributed by atoms with van der Waals surface area (Å²) in [7, 11) is 0. The van der Waals surface area contributed by atoms with Crippen molar-refractivity contribution in [2.45, 2.75) is 13.2 Å². The maximum absolute atomic E-state index is 13.7. The molecule has 0 bridgehead atoms. The number of anilines is 1. The van der Waals surface area contributed by atoms with Gasteiger partial charge in [-0.15, -0.1) is 5.10 Å². The van der Waals surface area contributed by atoms with Crippen LogP contribution in [0.3, 0.4) is 0 Å². The maximum atomic E-state index is 13.7. The molecule has 0 aliphatic rings. The van der Waals surface area contributed by atoms with Gasteiger partial charge in [-0.1, -0.05) is 23.2 Å². The van der Waals surface area contributed by atoms with Gasteiger partial charge < -0.3 is 10.1 Å². The van der Waals surface area contributed by atoms with Crippen LogP contribution in [0.4, 0.5) is 16.3 Å². The molecule has 4 rings (SSSR count). The first-order valence-electron chi connectivity index (χ1n) is 8.49. The number of hydrogen-bond donors (Lipinski definition) is 1. The molecule has 3 heterocycles. The van der Waals surface area contributed by atoms with Crippen molar-refractivity contribution in [3.8, 4) is 0 Å². The van der Waals surface area contributed by atoms with E-state index in [1.807, 2.05) is 0 Å². The van der Waals surface area contributed by atoms with E-state index in [1.165, 1.54) is 45.0 Å². The van der Waals surface area contributed by atoms with Crippen molar-refractivity contribution in [2.24, 2.45) is 0 Å². The van der Waals surface area contributed by atoms with Crippen molar-refractivity contribution >= 4 is 17.8 Å². The summed E-state index contributed by atoms with van der Waals surface area (Å²) in [5.74, 6) is -1.40. The molecule has 0 fully saturated rings. The van der Waals surface area contributed by atoms with Gasteiger partial charge in [-0.2, -0.15) is 9.78 Å². The van der Waals surface area contributed by atoms with Crippen molar-refractivity contribution in [1.29, 1.82) is 0 Å². The largest absolute Gasteiger partial charge is 0.491 e. The quantitative estimate of drug-likeness (QED) is 0.347. The molecule has 3 aromatic heterocycles. The summed E-state index contributed by atoms with van der Waals surface area (Å²) in [6.45, 7) is 0.192. The average Bonchev–Trinajstić information content (AvgIpc) is 3.45. The zero-order valence-corrected chi connectivity index (χ0v) is 15.2. The lowest BCUT2D eigenvalue weighted by molar-refractivity contribution is -0.394. The van der Waals surface area contributed by atoms with E-state index >= 15 is 0 Å². The Balaban J connectivity index is 1.38. The van der Waals surface area contributed by atoms with Gasteiger partial charge in [-0.05, 0) is 17.1 Å². The SMILES string of the molecule is O=C(Nc1ncn(Cc2ccccc2F)n1)c1ccn(Cn2cnc([N+](=O)[O-])n2)n1. The number of aromatic nitrogens is 8. The van der Waals surface area contributed by atoms with E-state index in [1.54, 1.807) is 18.2 Å². The summed E-state index contributed by atoms with van der Waals surface area (Å²) in [5.41, 5.74) is 0.516. The summed E-state index contributed by atoms with van der Waals surface area (Å²) >= 11 is 0. The summed E-state index contributed by atoms with van der Waals surface area (Å²) < 4.78 is 17.7. The summed E-state index contributed by atoms with van der Waals surface area (Å²) in [6, 6.07) is 7.74. The third-order valence-corrected chi connectivity index (χ3v) is 3.90. The average molecular weight is 412 g/mol. The summed E-state index contributed by atoms with van der Waals surface area (Å²) in [6.07, 6.45) is 4.07. The molecule has 1 N–H and O–H groups in total. The van der Waals surface area contributed by atoms with E-state index in [0.717, 1.165) is 0 Å². The minimum Gasteiger partial charge on any atom is -0.390 e. The number of nitrogens with one attached hydrogen (secondary N) is 1. The molecule has 14 heteroatoms. The minimum atomic E-state index is -0.712. The van der Waals surface area contributed by atoms with Crippen LogP contribution in [0, 0.1) is 15.9 Å². The first-order valence-corrected chi connectivity index (χ1v) is 8.49. The Morgan fingerprint density at radius 3 is 2.63 bits per heavy atom. The molecule has 0 saturated carbocycles. The molecule has 0 unspecified atom stereocenters. The monoisotopic (exact) mass is 412 g/mol. The molecule has 0 aliphatic heterocycles. The van der Waals surface area contributed by atoms with E-state index in [-0.39, 0.29) is 30.7 Å². The first-order chi connectivity index (χ1) is 14.5. The van der Waals surface area contributed by atoms with E-state index in [9.17, 15) is 19.3 Å². The van der Waals surface area contributed by atoms with E-state index in [2.05, 4.69) is 30.6 Å². The van der Waals surface area contributed by atoms with Gasteiger partial charge in [0.15, 0.2) is 12.4 Å². The van der Waals surface area contributed by atoms with Crippen LogP contribution in [0.2, 0.25) is 0 Å². The lowest BCUT2D eigenvalue weighted by atomic mass is 10.2. The molecular formula is C16H13FN10O3. The lowest BCUT2D eigenvalue weighted by Crippen LogP contribution is -2.16. The number of rotatable bonds is 7. The molecule has 30 heavy (non-hydrogen) atoms. The van der Waals surface area contributed by atoms with Crippen molar-refractivity contribution in [3.05, 3.63) is 76.4 Å². The van der Waals surface area contributed by atoms with Crippen LogP contribution in [0.15, 0.2) is 49.2 Å². The van der Waals surface area contributed by atoms with Crippen molar-refractivity contribution in [1.82, 2.24) is 39.3 Å². The van der Waals surface area contributed by atoms with Gasteiger partial charge in [0.05, 0.1) is 6.54 Å². The van der Waals surface area contributed by atoms with Crippen LogP contribution < -0.4 is 5.32 Å². The van der Waals surface area contributed by atoms with Crippen LogP contribution in [0.25, 0.3) is 0 Å². The second-order valence-electron chi connectivity index (χ2n) is 6.03. The highest BCUT2D eigenvalue weighted by molar-refractivity contribution is 6.01. The summed E-state index contributed by atoms with van der Waals surface area (Å²) in [5, 5.41) is 24.9. The Bertz CT molecular complexity index is 1210. The highest BCUT2D eigenvalue weighted by atomic mass is 19.1. The second-order valence-corrected chi connectivity index (χ2v) is 6.03. The Morgan fingerprint density at radius 2 is 1.87 bits per heavy atom. The van der Waals surface area contributed by atoms with Crippen molar-refractivity contribution in [2.75, 3.05) is 5.32 Å². The predicted octanol–water partition coefficient (Wildman–Crippen LogP) is 0.920. The zero-order chi connectivity index (χ0) is 21.1. The van der Waals surface area contributed by atoms with Gasteiger partial charge in [-0.25, -0.2) is 18.7 Å². The highest BCUT2D eigenvalue weighted by Crippen LogP contribution is 2.09. The smallest absolute Gasteiger partial charge is 0.390 e. The molecule has 0 spiro atoms. The molecule has 1 aromatic carbocycles. The maximum Gasteiger partial charge on any atom is 0.491 e. The van der Waals surface area contributed by atoms with Crippen LogP contribution in [-0.4, -0.2) is 50.1 Å². The van der Waals surface area contributed by atoms with E-state index in [0.29, 0.717) is 5.56 Å². The predicted molar refractivity (Wildman–Crippen MR) is 97.8 cm³/mol. The topological polar surface area (TPSA) is 151 Å². The van der Waals surface area contributed by atoms with Crippen LogP contribution >= 0.6 is 0 Å². The van der Waals surface area contributed by atoms with E-state index < -0.39 is 16.8 Å². The number of nitro groups is 1. The molecule has 0 atom stereocenters. The van der Waals surface area contributed by atoms with Gasteiger partial charge >= 0.3 is 5.95 Å². The lowest BCUT2D eigenvalue weighted by Gasteiger charge is -2.02. The number of halogens is 1. The van der Waals surface area contributed by atoms with Crippen LogP contribution in [-0.2, 0) is 13.2 Å². The van der Waals surface area contributed by atoms with Gasteiger partial charge in [0.25, 0.3) is 5.91 Å². The Labute approximate surface area is 166 Å². The van der Waals surface area contributed by atoms with Gasteiger partial charge in [0.2, 0.25) is 12.3 Å². The molecular weight excluding hydrogens is 399 g/mol. The molecule has 0 aliphatic carbocycles. The molecule has 0 saturated heterocycles. The first kappa shape index (κ1) is 18.9. The number of nitrogens with zero attached hydrogens (tertiary/aromatic N) is 9. The Hall–Kier alpha value is -4.49. The highest BCUT2D eigenvalue weighted by Gasteiger charge is 2.16.